The number of aryl methyl sites for hydroxylation is 1. The van der Waals surface area contributed by atoms with Crippen molar-refractivity contribution in [3.05, 3.63) is 34.5 Å². The van der Waals surface area contributed by atoms with E-state index in [-0.39, 0.29) is 5.91 Å². The Balaban J connectivity index is 1.83. The molecule has 3 aromatic rings. The van der Waals surface area contributed by atoms with Gasteiger partial charge in [0.15, 0.2) is 10.8 Å². The summed E-state index contributed by atoms with van der Waals surface area (Å²) in [6.07, 6.45) is 1.58. The van der Waals surface area contributed by atoms with Gasteiger partial charge in [0.2, 0.25) is 0 Å². The Kier molecular flexibility index (Phi) is 3.51. The van der Waals surface area contributed by atoms with Gasteiger partial charge in [0, 0.05) is 11.8 Å². The van der Waals surface area contributed by atoms with Crippen LogP contribution in [0.25, 0.3) is 5.65 Å². The van der Waals surface area contributed by atoms with E-state index in [9.17, 15) is 9.59 Å². The number of fused-ring (bicyclic) bond motifs is 1. The fourth-order valence-corrected chi connectivity index (χ4v) is 2.66. The fourth-order valence-electron chi connectivity index (χ4n) is 1.78. The van der Waals surface area contributed by atoms with Crippen LogP contribution >= 0.6 is 11.3 Å². The van der Waals surface area contributed by atoms with Crippen molar-refractivity contribution in [3.8, 4) is 0 Å². The van der Waals surface area contributed by atoms with E-state index in [0.717, 1.165) is 11.3 Å². The number of anilines is 1. The summed E-state index contributed by atoms with van der Waals surface area (Å²) in [4.78, 5) is 28.2. The van der Waals surface area contributed by atoms with Gasteiger partial charge in [0.1, 0.15) is 4.88 Å². The van der Waals surface area contributed by atoms with Gasteiger partial charge in [-0.2, -0.15) is 0 Å². The Morgan fingerprint density at radius 3 is 3.00 bits per heavy atom. The number of rotatable bonds is 3. The Hall–Kier alpha value is -2.88. The number of nitrogens with one attached hydrogen (secondary N) is 1. The standard InChI is InChI=1S/C12H10N6O3S/c1-6-9(11(20)21-2)22-12(13-6)14-10(19)7-3-4-18-8(5-7)15-16-17-18/h3-5H,1-2H3,(H,13,14,19). The maximum Gasteiger partial charge on any atom is 0.350 e. The van der Waals surface area contributed by atoms with Crippen LogP contribution in [0.4, 0.5) is 5.13 Å². The number of carbonyl (C=O) groups excluding carboxylic acids is 2. The molecule has 0 aromatic carbocycles. The van der Waals surface area contributed by atoms with Crippen LogP contribution in [-0.4, -0.2) is 44.0 Å². The second-order valence-electron chi connectivity index (χ2n) is 4.28. The molecule has 1 N–H and O–H groups in total. The number of esters is 1. The third-order valence-corrected chi connectivity index (χ3v) is 3.90. The lowest BCUT2D eigenvalue weighted by atomic mass is 10.2. The highest BCUT2D eigenvalue weighted by atomic mass is 32.1. The summed E-state index contributed by atoms with van der Waals surface area (Å²) in [6, 6.07) is 3.14. The molecule has 112 valence electrons. The Bertz CT molecular complexity index is 871. The van der Waals surface area contributed by atoms with E-state index < -0.39 is 5.97 Å². The molecule has 9 nitrogen and oxygen atoms in total. The van der Waals surface area contributed by atoms with E-state index in [4.69, 9.17) is 0 Å². The van der Waals surface area contributed by atoms with Gasteiger partial charge in [0.05, 0.1) is 12.8 Å². The van der Waals surface area contributed by atoms with Gasteiger partial charge in [-0.15, -0.1) is 5.10 Å². The Morgan fingerprint density at radius 2 is 2.23 bits per heavy atom. The first-order chi connectivity index (χ1) is 10.6. The average molecular weight is 318 g/mol. The number of ether oxygens (including phenoxy) is 1. The van der Waals surface area contributed by atoms with Crippen molar-refractivity contribution in [2.24, 2.45) is 0 Å². The summed E-state index contributed by atoms with van der Waals surface area (Å²) in [5.41, 5.74) is 1.34. The maximum absolute atomic E-state index is 12.2. The van der Waals surface area contributed by atoms with Crippen molar-refractivity contribution in [1.82, 2.24) is 25.0 Å². The van der Waals surface area contributed by atoms with Crippen LogP contribution in [-0.2, 0) is 4.74 Å². The molecule has 22 heavy (non-hydrogen) atoms. The van der Waals surface area contributed by atoms with Crippen molar-refractivity contribution in [3.63, 3.8) is 0 Å². The van der Waals surface area contributed by atoms with Crippen LogP contribution in [0, 0.1) is 6.92 Å². The number of tetrazole rings is 1. The van der Waals surface area contributed by atoms with Crippen LogP contribution in [0.5, 0.6) is 0 Å². The summed E-state index contributed by atoms with van der Waals surface area (Å²) in [7, 11) is 1.29. The van der Waals surface area contributed by atoms with Crippen molar-refractivity contribution in [1.29, 1.82) is 0 Å². The highest BCUT2D eigenvalue weighted by Crippen LogP contribution is 2.23. The first kappa shape index (κ1) is 14.1. The largest absolute Gasteiger partial charge is 0.465 e. The number of carbonyl (C=O) groups is 2. The molecule has 1 amide bonds. The van der Waals surface area contributed by atoms with Crippen molar-refractivity contribution < 1.29 is 14.3 Å². The molecule has 3 rings (SSSR count). The molecule has 0 unspecified atom stereocenters. The zero-order valence-electron chi connectivity index (χ0n) is 11.6. The van der Waals surface area contributed by atoms with Crippen LogP contribution in [0.3, 0.4) is 0 Å². The number of thiazole rings is 1. The minimum Gasteiger partial charge on any atom is -0.465 e. The van der Waals surface area contributed by atoms with Gasteiger partial charge in [0.25, 0.3) is 5.91 Å². The second kappa shape index (κ2) is 5.48. The van der Waals surface area contributed by atoms with Crippen molar-refractivity contribution >= 4 is 34.0 Å². The number of nitrogens with zero attached hydrogens (tertiary/aromatic N) is 5. The van der Waals surface area contributed by atoms with Gasteiger partial charge >= 0.3 is 5.97 Å². The second-order valence-corrected chi connectivity index (χ2v) is 5.28. The number of pyridine rings is 1. The van der Waals surface area contributed by atoms with E-state index in [1.165, 1.54) is 11.6 Å². The van der Waals surface area contributed by atoms with Gasteiger partial charge in [-0.1, -0.05) is 11.3 Å². The Morgan fingerprint density at radius 1 is 1.41 bits per heavy atom. The minimum atomic E-state index is -0.480. The molecular weight excluding hydrogens is 308 g/mol. The molecule has 0 saturated heterocycles. The van der Waals surface area contributed by atoms with E-state index in [0.29, 0.717) is 26.9 Å². The SMILES string of the molecule is COC(=O)c1sc(NC(=O)c2ccn3nnnc3c2)nc1C. The van der Waals surface area contributed by atoms with Crippen LogP contribution < -0.4 is 5.32 Å². The zero-order valence-corrected chi connectivity index (χ0v) is 12.4. The Labute approximate surface area is 127 Å². The molecule has 0 aliphatic carbocycles. The van der Waals surface area contributed by atoms with Gasteiger partial charge < -0.3 is 4.74 Å². The highest BCUT2D eigenvalue weighted by molar-refractivity contribution is 7.17. The summed E-state index contributed by atoms with van der Waals surface area (Å²) in [5.74, 6) is -0.845. The monoisotopic (exact) mass is 318 g/mol. The fraction of sp³-hybridized carbons (Fsp3) is 0.167. The summed E-state index contributed by atoms with van der Waals surface area (Å²) in [5, 5.41) is 13.9. The number of amides is 1. The first-order valence-electron chi connectivity index (χ1n) is 6.13. The van der Waals surface area contributed by atoms with Gasteiger partial charge in [-0.3, -0.25) is 10.1 Å². The number of aromatic nitrogens is 5. The molecule has 3 aromatic heterocycles. The number of hydrogen-bond acceptors (Lipinski definition) is 8. The molecule has 10 heteroatoms. The molecule has 0 atom stereocenters. The molecule has 0 aliphatic heterocycles. The number of hydrogen-bond donors (Lipinski definition) is 1. The van der Waals surface area contributed by atoms with Crippen molar-refractivity contribution in [2.45, 2.75) is 6.92 Å². The van der Waals surface area contributed by atoms with Crippen LogP contribution in [0.15, 0.2) is 18.3 Å². The molecule has 0 fully saturated rings. The van der Waals surface area contributed by atoms with E-state index >= 15 is 0 Å². The highest BCUT2D eigenvalue weighted by Gasteiger charge is 2.17. The van der Waals surface area contributed by atoms with Crippen LogP contribution in [0.2, 0.25) is 0 Å². The third-order valence-electron chi connectivity index (χ3n) is 2.85. The topological polar surface area (TPSA) is 111 Å². The van der Waals surface area contributed by atoms with Crippen molar-refractivity contribution in [2.75, 3.05) is 12.4 Å². The maximum atomic E-state index is 12.2. The van der Waals surface area contributed by atoms with E-state index in [1.807, 2.05) is 0 Å². The normalized spacial score (nSPS) is 10.6. The molecule has 0 radical (unpaired) electrons. The lowest BCUT2D eigenvalue weighted by Crippen LogP contribution is -2.12. The quantitative estimate of drug-likeness (QED) is 0.715. The predicted octanol–water partition coefficient (Wildman–Crippen LogP) is 0.928. The number of methoxy groups -OCH3 is 1. The van der Waals surface area contributed by atoms with Gasteiger partial charge in [-0.25, -0.2) is 14.3 Å². The zero-order chi connectivity index (χ0) is 15.7. The predicted molar refractivity (Wildman–Crippen MR) is 76.9 cm³/mol. The van der Waals surface area contributed by atoms with E-state index in [1.54, 1.807) is 25.3 Å². The summed E-state index contributed by atoms with van der Waals surface area (Å²) in [6.45, 7) is 1.67. The summed E-state index contributed by atoms with van der Waals surface area (Å²) < 4.78 is 6.10. The average Bonchev–Trinajstić information content (AvgIpc) is 3.11. The van der Waals surface area contributed by atoms with Gasteiger partial charge in [-0.05, 0) is 29.5 Å². The molecular formula is C12H10N6O3S. The minimum absolute atomic E-state index is 0.322. The summed E-state index contributed by atoms with van der Waals surface area (Å²) >= 11 is 1.06. The lowest BCUT2D eigenvalue weighted by Gasteiger charge is -2.01. The van der Waals surface area contributed by atoms with Crippen LogP contribution in [0.1, 0.15) is 25.7 Å². The smallest absolute Gasteiger partial charge is 0.350 e. The van der Waals surface area contributed by atoms with E-state index in [2.05, 4.69) is 30.6 Å². The lowest BCUT2D eigenvalue weighted by molar-refractivity contribution is 0.0605. The molecule has 3 heterocycles. The third kappa shape index (κ3) is 2.51. The molecule has 0 aliphatic rings. The molecule has 0 spiro atoms. The first-order valence-corrected chi connectivity index (χ1v) is 6.95. The molecule has 0 bridgehead atoms. The molecule has 0 saturated carbocycles.